The number of thioether (sulfide) groups is 1. The monoisotopic (exact) mass is 666 g/mol. The van der Waals surface area contributed by atoms with Gasteiger partial charge in [0, 0.05) is 48.6 Å². The number of hydrogen-bond acceptors (Lipinski definition) is 6. The lowest BCUT2D eigenvalue weighted by molar-refractivity contribution is -0.134. The quantitative estimate of drug-likeness (QED) is 0.0674. The maximum atomic E-state index is 14.0. The van der Waals surface area contributed by atoms with Gasteiger partial charge in [-0.05, 0) is 68.0 Å². The average Bonchev–Trinajstić information content (AvgIpc) is 3.06. The highest BCUT2D eigenvalue weighted by Crippen LogP contribution is 2.41. The standard InChI is InChI=1S/C41H46O4S2/c1-4-5-6-7-8-9-14-29-20-24-31(25-21-29)46-35-17-11-15-33-38(35)40(43)34-16-12-18-36(39(34)41(33)44)47-32-26-22-30(23-27-32)45-37(42)19-10-13-28(2)3/h11-12,15-18,20-24,26-28,31H,4-10,13-14,19,25H2,1-3H3. The topological polar surface area (TPSA) is 60.4 Å². The summed E-state index contributed by atoms with van der Waals surface area (Å²) >= 11 is 3.11. The first-order valence-electron chi connectivity index (χ1n) is 17.2. The van der Waals surface area contributed by atoms with Crippen LogP contribution in [0.2, 0.25) is 0 Å². The number of carbonyl (C=O) groups excluding carboxylic acids is 3. The lowest BCUT2D eigenvalue weighted by Crippen LogP contribution is -2.22. The molecule has 0 bridgehead atoms. The molecule has 3 aromatic rings. The Morgan fingerprint density at radius 1 is 0.830 bits per heavy atom. The minimum Gasteiger partial charge on any atom is -0.427 e. The van der Waals surface area contributed by atoms with Crippen molar-refractivity contribution < 1.29 is 19.1 Å². The molecule has 47 heavy (non-hydrogen) atoms. The van der Waals surface area contributed by atoms with E-state index in [1.54, 1.807) is 36.0 Å². The first-order chi connectivity index (χ1) is 22.8. The second-order valence-electron chi connectivity index (χ2n) is 12.9. The Morgan fingerprint density at radius 3 is 2.15 bits per heavy atom. The van der Waals surface area contributed by atoms with E-state index in [9.17, 15) is 14.4 Å². The first-order valence-corrected chi connectivity index (χ1v) is 18.9. The molecular weight excluding hydrogens is 621 g/mol. The third-order valence-electron chi connectivity index (χ3n) is 8.68. The summed E-state index contributed by atoms with van der Waals surface area (Å²) < 4.78 is 5.51. The van der Waals surface area contributed by atoms with Gasteiger partial charge in [0.2, 0.25) is 0 Å². The molecule has 0 saturated heterocycles. The van der Waals surface area contributed by atoms with Crippen molar-refractivity contribution >= 4 is 41.1 Å². The Bertz CT molecular complexity index is 1630. The number of rotatable bonds is 16. The molecule has 2 aliphatic rings. The summed E-state index contributed by atoms with van der Waals surface area (Å²) in [5, 5.41) is 0.225. The van der Waals surface area contributed by atoms with E-state index in [2.05, 4.69) is 39.0 Å². The number of fused-ring (bicyclic) bond motifs is 2. The minimum absolute atomic E-state index is 0.0982. The molecule has 0 N–H and O–H groups in total. The summed E-state index contributed by atoms with van der Waals surface area (Å²) in [6.45, 7) is 6.54. The van der Waals surface area contributed by atoms with Crippen molar-refractivity contribution in [3.63, 3.8) is 0 Å². The molecule has 5 rings (SSSR count). The molecule has 0 aromatic heterocycles. The zero-order chi connectivity index (χ0) is 33.2. The minimum atomic E-state index is -0.229. The highest BCUT2D eigenvalue weighted by atomic mass is 32.2. The second kappa shape index (κ2) is 17.2. The highest BCUT2D eigenvalue weighted by Gasteiger charge is 2.34. The summed E-state index contributed by atoms with van der Waals surface area (Å²) in [4.78, 5) is 42.7. The number of ether oxygens (including phenoxy) is 1. The fourth-order valence-electron chi connectivity index (χ4n) is 6.09. The van der Waals surface area contributed by atoms with Gasteiger partial charge in [0.15, 0.2) is 11.6 Å². The van der Waals surface area contributed by atoms with E-state index in [0.29, 0.717) is 40.3 Å². The Morgan fingerprint density at radius 2 is 1.49 bits per heavy atom. The SMILES string of the molecule is CCCCCCCCC1=CCC(Sc2cccc3c2C(=O)c2cccc(Sc4ccc(OC(=O)CCCC(C)C)cc4)c2C3=O)C=C1. The molecule has 0 spiro atoms. The predicted octanol–water partition coefficient (Wildman–Crippen LogP) is 11.4. The number of benzene rings is 3. The van der Waals surface area contributed by atoms with Crippen LogP contribution in [-0.4, -0.2) is 22.8 Å². The molecule has 0 radical (unpaired) electrons. The lowest BCUT2D eigenvalue weighted by atomic mass is 9.84. The van der Waals surface area contributed by atoms with E-state index in [-0.39, 0.29) is 22.8 Å². The van der Waals surface area contributed by atoms with Crippen molar-refractivity contribution in [2.75, 3.05) is 0 Å². The van der Waals surface area contributed by atoms with Gasteiger partial charge in [0.1, 0.15) is 5.75 Å². The molecule has 0 saturated carbocycles. The van der Waals surface area contributed by atoms with Gasteiger partial charge in [-0.3, -0.25) is 14.4 Å². The Kier molecular flexibility index (Phi) is 12.8. The van der Waals surface area contributed by atoms with Crippen LogP contribution in [-0.2, 0) is 4.79 Å². The van der Waals surface area contributed by atoms with Crippen LogP contribution in [0, 0.1) is 5.92 Å². The summed E-state index contributed by atoms with van der Waals surface area (Å²) in [6.07, 6.45) is 18.9. The average molecular weight is 667 g/mol. The highest BCUT2D eigenvalue weighted by molar-refractivity contribution is 8.00. The van der Waals surface area contributed by atoms with E-state index < -0.39 is 0 Å². The fourth-order valence-corrected chi connectivity index (χ4v) is 8.22. The molecule has 0 aliphatic heterocycles. The van der Waals surface area contributed by atoms with Gasteiger partial charge in [0.05, 0.1) is 0 Å². The molecule has 3 aromatic carbocycles. The predicted molar refractivity (Wildman–Crippen MR) is 194 cm³/mol. The van der Waals surface area contributed by atoms with Crippen molar-refractivity contribution in [2.45, 2.75) is 111 Å². The van der Waals surface area contributed by atoms with Crippen LogP contribution in [0.4, 0.5) is 0 Å². The second-order valence-corrected chi connectivity index (χ2v) is 15.3. The number of hydrogen-bond donors (Lipinski definition) is 0. The molecule has 2 aliphatic carbocycles. The van der Waals surface area contributed by atoms with Crippen LogP contribution in [0.1, 0.15) is 123 Å². The van der Waals surface area contributed by atoms with E-state index in [0.717, 1.165) is 40.4 Å². The molecule has 0 fully saturated rings. The maximum Gasteiger partial charge on any atom is 0.311 e. The third kappa shape index (κ3) is 9.39. The van der Waals surface area contributed by atoms with Gasteiger partial charge in [-0.1, -0.05) is 119 Å². The number of unbranched alkanes of at least 4 members (excludes halogenated alkanes) is 5. The molecule has 1 atom stereocenters. The Hall–Kier alpha value is -3.35. The van der Waals surface area contributed by atoms with Gasteiger partial charge >= 0.3 is 5.97 Å². The summed E-state index contributed by atoms with van der Waals surface area (Å²) in [7, 11) is 0. The summed E-state index contributed by atoms with van der Waals surface area (Å²) in [5.74, 6) is 0.615. The summed E-state index contributed by atoms with van der Waals surface area (Å²) in [5.41, 5.74) is 3.31. The van der Waals surface area contributed by atoms with Crippen LogP contribution in [0.5, 0.6) is 5.75 Å². The number of esters is 1. The van der Waals surface area contributed by atoms with Gasteiger partial charge in [-0.25, -0.2) is 0 Å². The molecule has 0 heterocycles. The van der Waals surface area contributed by atoms with E-state index in [4.69, 9.17) is 4.74 Å². The van der Waals surface area contributed by atoms with Gasteiger partial charge in [-0.2, -0.15) is 0 Å². The smallest absolute Gasteiger partial charge is 0.311 e. The summed E-state index contributed by atoms with van der Waals surface area (Å²) in [6, 6.07) is 18.5. The van der Waals surface area contributed by atoms with Crippen molar-refractivity contribution in [1.29, 1.82) is 0 Å². The normalized spacial score (nSPS) is 15.4. The molecule has 1 unspecified atom stereocenters. The number of ketones is 2. The maximum absolute atomic E-state index is 14.0. The van der Waals surface area contributed by atoms with Crippen LogP contribution in [0.25, 0.3) is 0 Å². The van der Waals surface area contributed by atoms with Gasteiger partial charge in [-0.15, -0.1) is 11.8 Å². The lowest BCUT2D eigenvalue weighted by Gasteiger charge is -2.23. The van der Waals surface area contributed by atoms with Crippen molar-refractivity contribution in [2.24, 2.45) is 5.92 Å². The van der Waals surface area contributed by atoms with Crippen LogP contribution >= 0.6 is 23.5 Å². The van der Waals surface area contributed by atoms with Crippen molar-refractivity contribution in [3.05, 3.63) is 107 Å². The number of allylic oxidation sites excluding steroid dienone is 3. The third-order valence-corrected chi connectivity index (χ3v) is 11.0. The Balaban J connectivity index is 1.23. The van der Waals surface area contributed by atoms with Crippen LogP contribution in [0.3, 0.4) is 0 Å². The molecule has 246 valence electrons. The first kappa shape index (κ1) is 35.0. The van der Waals surface area contributed by atoms with E-state index >= 15 is 0 Å². The number of carbonyl (C=O) groups is 3. The Labute approximate surface area is 288 Å². The largest absolute Gasteiger partial charge is 0.427 e. The van der Waals surface area contributed by atoms with Gasteiger partial charge < -0.3 is 4.74 Å². The zero-order valence-electron chi connectivity index (χ0n) is 27.9. The molecule has 6 heteroatoms. The van der Waals surface area contributed by atoms with Crippen molar-refractivity contribution in [3.8, 4) is 5.75 Å². The zero-order valence-corrected chi connectivity index (χ0v) is 29.5. The van der Waals surface area contributed by atoms with E-state index in [1.807, 2.05) is 36.4 Å². The van der Waals surface area contributed by atoms with Crippen LogP contribution < -0.4 is 4.74 Å². The molecule has 4 nitrogen and oxygen atoms in total. The van der Waals surface area contributed by atoms with Gasteiger partial charge in [0.25, 0.3) is 0 Å². The van der Waals surface area contributed by atoms with E-state index in [1.165, 1.54) is 55.9 Å². The molecule has 0 amide bonds. The fraction of sp³-hybridized carbons (Fsp3) is 0.390. The molecular formula is C41H46O4S2. The van der Waals surface area contributed by atoms with Crippen LogP contribution in [0.15, 0.2) is 99.2 Å². The van der Waals surface area contributed by atoms with Crippen molar-refractivity contribution in [1.82, 2.24) is 0 Å².